The third-order valence-corrected chi connectivity index (χ3v) is 4.85. The van der Waals surface area contributed by atoms with Gasteiger partial charge in [-0.05, 0) is 38.5 Å². The zero-order valence-electron chi connectivity index (χ0n) is 16.4. The van der Waals surface area contributed by atoms with E-state index < -0.39 is 5.82 Å². The summed E-state index contributed by atoms with van der Waals surface area (Å²) in [4.78, 5) is 32.9. The second kappa shape index (κ2) is 9.22. The van der Waals surface area contributed by atoms with Crippen molar-refractivity contribution in [3.8, 4) is 5.88 Å². The third-order valence-electron chi connectivity index (χ3n) is 4.58. The summed E-state index contributed by atoms with van der Waals surface area (Å²) >= 11 is 6.19. The van der Waals surface area contributed by atoms with Crippen molar-refractivity contribution in [3.05, 3.63) is 58.5 Å². The van der Waals surface area contributed by atoms with E-state index in [4.69, 9.17) is 16.3 Å². The predicted octanol–water partition coefficient (Wildman–Crippen LogP) is 3.65. The molecule has 0 atom stereocenters. The third kappa shape index (κ3) is 5.03. The molecule has 6 nitrogen and oxygen atoms in total. The minimum Gasteiger partial charge on any atom is -0.474 e. The molecule has 29 heavy (non-hydrogen) atoms. The van der Waals surface area contributed by atoms with E-state index in [-0.39, 0.29) is 34.4 Å². The van der Waals surface area contributed by atoms with Crippen molar-refractivity contribution < 1.29 is 18.7 Å². The number of aromatic nitrogens is 1. The van der Waals surface area contributed by atoms with Gasteiger partial charge in [0.25, 0.3) is 11.8 Å². The number of nitrogens with zero attached hydrogens (tertiary/aromatic N) is 3. The maximum absolute atomic E-state index is 13.9. The normalized spacial score (nSPS) is 14.7. The number of carbonyl (C=O) groups excluding carboxylic acids is 2. The molecule has 2 amide bonds. The first-order chi connectivity index (χ1) is 13.9. The molecule has 0 bridgehead atoms. The number of rotatable bonds is 4. The predicted molar refractivity (Wildman–Crippen MR) is 108 cm³/mol. The lowest BCUT2D eigenvalue weighted by Crippen LogP contribution is -2.37. The van der Waals surface area contributed by atoms with Crippen LogP contribution in [0, 0.1) is 5.82 Å². The SMILES string of the molecule is CC(C)Oc1ncc(C(=O)N2CCCN(C(=O)c3ccccc3F)CC2)cc1Cl. The van der Waals surface area contributed by atoms with Crippen LogP contribution >= 0.6 is 11.6 Å². The molecule has 8 heteroatoms. The first-order valence-corrected chi connectivity index (χ1v) is 9.90. The zero-order chi connectivity index (χ0) is 21.0. The molecular formula is C21H23ClFN3O3. The van der Waals surface area contributed by atoms with E-state index >= 15 is 0 Å². The summed E-state index contributed by atoms with van der Waals surface area (Å²) in [7, 11) is 0. The first kappa shape index (κ1) is 21.0. The summed E-state index contributed by atoms with van der Waals surface area (Å²) in [5.74, 6) is -0.831. The Morgan fingerprint density at radius 3 is 2.38 bits per heavy atom. The van der Waals surface area contributed by atoms with E-state index in [1.807, 2.05) is 13.8 Å². The van der Waals surface area contributed by atoms with Crippen molar-refractivity contribution in [3.63, 3.8) is 0 Å². The van der Waals surface area contributed by atoms with Gasteiger partial charge in [-0.1, -0.05) is 23.7 Å². The summed E-state index contributed by atoms with van der Waals surface area (Å²) in [5, 5.41) is 0.274. The van der Waals surface area contributed by atoms with E-state index in [1.165, 1.54) is 18.3 Å². The van der Waals surface area contributed by atoms with Gasteiger partial charge in [-0.25, -0.2) is 9.37 Å². The lowest BCUT2D eigenvalue weighted by molar-refractivity contribution is 0.0716. The Labute approximate surface area is 174 Å². The molecule has 1 aromatic heterocycles. The number of pyridine rings is 1. The molecule has 0 aliphatic carbocycles. The average molecular weight is 420 g/mol. The van der Waals surface area contributed by atoms with Crippen molar-refractivity contribution in [2.24, 2.45) is 0 Å². The Balaban J connectivity index is 1.67. The van der Waals surface area contributed by atoms with E-state index in [1.54, 1.807) is 28.0 Å². The number of halogens is 2. The van der Waals surface area contributed by atoms with Gasteiger partial charge in [0.05, 0.1) is 17.2 Å². The standard InChI is InChI=1S/C21H23ClFN3O3/c1-14(2)29-19-17(22)12-15(13-24-19)20(27)25-8-5-9-26(11-10-25)21(28)16-6-3-4-7-18(16)23/h3-4,6-7,12-14H,5,8-11H2,1-2H3. The van der Waals surface area contributed by atoms with Gasteiger partial charge < -0.3 is 14.5 Å². The van der Waals surface area contributed by atoms with Crippen LogP contribution in [0.1, 0.15) is 41.0 Å². The Morgan fingerprint density at radius 2 is 1.76 bits per heavy atom. The molecular weight excluding hydrogens is 397 g/mol. The van der Waals surface area contributed by atoms with Gasteiger partial charge in [-0.3, -0.25) is 9.59 Å². The maximum atomic E-state index is 13.9. The van der Waals surface area contributed by atoms with Gasteiger partial charge in [0.15, 0.2) is 0 Å². The Bertz CT molecular complexity index is 906. The smallest absolute Gasteiger partial charge is 0.256 e. The van der Waals surface area contributed by atoms with E-state index in [2.05, 4.69) is 4.98 Å². The molecule has 1 aliphatic rings. The van der Waals surface area contributed by atoms with Crippen LogP contribution < -0.4 is 4.74 Å². The summed E-state index contributed by atoms with van der Waals surface area (Å²) in [6, 6.07) is 7.46. The van der Waals surface area contributed by atoms with Crippen molar-refractivity contribution in [1.29, 1.82) is 0 Å². The van der Waals surface area contributed by atoms with Gasteiger partial charge >= 0.3 is 0 Å². The minimum atomic E-state index is -0.542. The molecule has 0 radical (unpaired) electrons. The molecule has 0 unspecified atom stereocenters. The molecule has 2 aromatic rings. The molecule has 0 N–H and O–H groups in total. The number of benzene rings is 1. The summed E-state index contributed by atoms with van der Waals surface area (Å²) < 4.78 is 19.4. The Morgan fingerprint density at radius 1 is 1.10 bits per heavy atom. The zero-order valence-corrected chi connectivity index (χ0v) is 17.2. The lowest BCUT2D eigenvalue weighted by Gasteiger charge is -2.22. The maximum Gasteiger partial charge on any atom is 0.256 e. The minimum absolute atomic E-state index is 0.0454. The second-order valence-corrected chi connectivity index (χ2v) is 7.50. The first-order valence-electron chi connectivity index (χ1n) is 9.52. The van der Waals surface area contributed by atoms with Gasteiger partial charge in [-0.15, -0.1) is 0 Å². The van der Waals surface area contributed by atoms with Crippen LogP contribution in [-0.2, 0) is 0 Å². The summed E-state index contributed by atoms with van der Waals surface area (Å²) in [5.41, 5.74) is 0.406. The molecule has 0 spiro atoms. The van der Waals surface area contributed by atoms with Gasteiger partial charge in [0.1, 0.15) is 10.8 Å². The van der Waals surface area contributed by atoms with Crippen LogP contribution in [0.25, 0.3) is 0 Å². The topological polar surface area (TPSA) is 62.7 Å². The number of carbonyl (C=O) groups is 2. The number of hydrogen-bond acceptors (Lipinski definition) is 4. The van der Waals surface area contributed by atoms with Crippen molar-refractivity contribution in [2.75, 3.05) is 26.2 Å². The Kier molecular flexibility index (Phi) is 6.69. The van der Waals surface area contributed by atoms with Crippen LogP contribution in [0.3, 0.4) is 0 Å². The van der Waals surface area contributed by atoms with Gasteiger partial charge in [0.2, 0.25) is 5.88 Å². The molecule has 3 rings (SSSR count). The monoisotopic (exact) mass is 419 g/mol. The van der Waals surface area contributed by atoms with Gasteiger partial charge in [-0.2, -0.15) is 0 Å². The lowest BCUT2D eigenvalue weighted by atomic mass is 10.2. The second-order valence-electron chi connectivity index (χ2n) is 7.10. The number of amides is 2. The van der Waals surface area contributed by atoms with Crippen LogP contribution in [-0.4, -0.2) is 58.9 Å². The van der Waals surface area contributed by atoms with Crippen molar-refractivity contribution >= 4 is 23.4 Å². The molecule has 1 aromatic carbocycles. The fourth-order valence-corrected chi connectivity index (χ4v) is 3.37. The molecule has 1 saturated heterocycles. The van der Waals surface area contributed by atoms with Crippen molar-refractivity contribution in [2.45, 2.75) is 26.4 Å². The highest BCUT2D eigenvalue weighted by atomic mass is 35.5. The number of ether oxygens (including phenoxy) is 1. The molecule has 154 valence electrons. The molecule has 0 saturated carbocycles. The van der Waals surface area contributed by atoms with Crippen LogP contribution in [0.2, 0.25) is 5.02 Å². The summed E-state index contributed by atoms with van der Waals surface area (Å²) in [6.07, 6.45) is 1.96. The Hall–Kier alpha value is -2.67. The molecule has 1 aliphatic heterocycles. The largest absolute Gasteiger partial charge is 0.474 e. The highest BCUT2D eigenvalue weighted by molar-refractivity contribution is 6.32. The quantitative estimate of drug-likeness (QED) is 0.758. The summed E-state index contributed by atoms with van der Waals surface area (Å²) in [6.45, 7) is 5.35. The van der Waals surface area contributed by atoms with Crippen molar-refractivity contribution in [1.82, 2.24) is 14.8 Å². The fraction of sp³-hybridized carbons (Fsp3) is 0.381. The van der Waals surface area contributed by atoms with Gasteiger partial charge in [0, 0.05) is 32.4 Å². The van der Waals surface area contributed by atoms with E-state index in [9.17, 15) is 14.0 Å². The number of hydrogen-bond donors (Lipinski definition) is 0. The average Bonchev–Trinajstić information content (AvgIpc) is 2.95. The fourth-order valence-electron chi connectivity index (χ4n) is 3.16. The highest BCUT2D eigenvalue weighted by Gasteiger charge is 2.25. The molecule has 1 fully saturated rings. The van der Waals surface area contributed by atoms with E-state index in [0.29, 0.717) is 38.2 Å². The van der Waals surface area contributed by atoms with Crippen LogP contribution in [0.4, 0.5) is 4.39 Å². The highest BCUT2D eigenvalue weighted by Crippen LogP contribution is 2.24. The molecule has 2 heterocycles. The van der Waals surface area contributed by atoms with Crippen LogP contribution in [0.15, 0.2) is 36.5 Å². The van der Waals surface area contributed by atoms with E-state index in [0.717, 1.165) is 0 Å². The van der Waals surface area contributed by atoms with Crippen LogP contribution in [0.5, 0.6) is 5.88 Å².